The Bertz CT molecular complexity index is 736. The number of halogens is 1. The number of hydrogen-bond donors (Lipinski definition) is 0. The molecule has 4 nitrogen and oxygen atoms in total. The van der Waals surface area contributed by atoms with Crippen molar-refractivity contribution >= 4 is 18.5 Å². The van der Waals surface area contributed by atoms with Gasteiger partial charge in [-0.15, -0.1) is 12.4 Å². The van der Waals surface area contributed by atoms with E-state index in [1.165, 1.54) is 11.1 Å². The molecule has 1 amide bonds. The fourth-order valence-electron chi connectivity index (χ4n) is 3.57. The predicted molar refractivity (Wildman–Crippen MR) is 116 cm³/mol. The molecule has 3 rings (SSSR count). The van der Waals surface area contributed by atoms with Gasteiger partial charge in [0.05, 0.1) is 0 Å². The number of rotatable bonds is 5. The summed E-state index contributed by atoms with van der Waals surface area (Å²) in [5.41, 5.74) is 3.89. The molecule has 2 aromatic carbocycles. The Balaban J connectivity index is 0.00000280. The molecule has 0 bridgehead atoms. The zero-order valence-corrected chi connectivity index (χ0v) is 17.9. The second kappa shape index (κ2) is 10.5. The first-order chi connectivity index (χ1) is 13.0. The van der Waals surface area contributed by atoms with E-state index in [2.05, 4.69) is 43.3 Å². The minimum atomic E-state index is -0.231. The minimum absolute atomic E-state index is 0. The van der Waals surface area contributed by atoms with Crippen molar-refractivity contribution in [2.45, 2.75) is 32.7 Å². The number of ether oxygens (including phenoxy) is 1. The summed E-state index contributed by atoms with van der Waals surface area (Å²) in [6.45, 7) is 4.54. The third-order valence-electron chi connectivity index (χ3n) is 5.15. The Labute approximate surface area is 174 Å². The number of likely N-dealkylation sites (tertiary alicyclic amines) is 1. The summed E-state index contributed by atoms with van der Waals surface area (Å²) >= 11 is 0. The molecule has 0 radical (unpaired) electrons. The third kappa shape index (κ3) is 6.54. The molecule has 1 heterocycles. The van der Waals surface area contributed by atoms with Gasteiger partial charge in [0.2, 0.25) is 0 Å². The van der Waals surface area contributed by atoms with Crippen molar-refractivity contribution in [3.05, 3.63) is 65.2 Å². The Hall–Kier alpha value is -2.04. The van der Waals surface area contributed by atoms with Gasteiger partial charge in [-0.25, -0.2) is 4.79 Å². The smallest absolute Gasteiger partial charge is 0.410 e. The first-order valence-corrected chi connectivity index (χ1v) is 9.75. The number of aryl methyl sites for hydroxylation is 1. The van der Waals surface area contributed by atoms with Gasteiger partial charge in [0.25, 0.3) is 0 Å². The molecule has 0 saturated carbocycles. The minimum Gasteiger partial charge on any atom is -0.410 e. The monoisotopic (exact) mass is 402 g/mol. The van der Waals surface area contributed by atoms with E-state index in [4.69, 9.17) is 4.74 Å². The van der Waals surface area contributed by atoms with Crippen molar-refractivity contribution in [2.24, 2.45) is 5.92 Å². The predicted octanol–water partition coefficient (Wildman–Crippen LogP) is 4.93. The SMILES string of the molecule is Cc1ccc(OC(=O)N2CCC(Cc3ccc(CN(C)C)cc3)CC2)cc1.Cl. The van der Waals surface area contributed by atoms with Gasteiger partial charge in [0, 0.05) is 19.6 Å². The molecule has 1 saturated heterocycles. The summed E-state index contributed by atoms with van der Waals surface area (Å²) in [6, 6.07) is 16.6. The maximum Gasteiger partial charge on any atom is 0.415 e. The van der Waals surface area contributed by atoms with Gasteiger partial charge in [0.1, 0.15) is 5.75 Å². The van der Waals surface area contributed by atoms with E-state index in [9.17, 15) is 4.79 Å². The van der Waals surface area contributed by atoms with Crippen LogP contribution in [0.15, 0.2) is 48.5 Å². The van der Waals surface area contributed by atoms with Crippen molar-refractivity contribution in [3.63, 3.8) is 0 Å². The average Bonchev–Trinajstić information content (AvgIpc) is 2.65. The van der Waals surface area contributed by atoms with Crippen molar-refractivity contribution in [1.82, 2.24) is 9.80 Å². The van der Waals surface area contributed by atoms with Gasteiger partial charge in [0.15, 0.2) is 0 Å². The number of benzene rings is 2. The molecule has 1 fully saturated rings. The molecule has 0 N–H and O–H groups in total. The lowest BCUT2D eigenvalue weighted by atomic mass is 9.90. The standard InChI is InChI=1S/C23H30N2O2.ClH/c1-18-4-10-22(11-5-18)27-23(26)25-14-12-20(13-15-25)16-19-6-8-21(9-7-19)17-24(2)3;/h4-11,20H,12-17H2,1-3H3;1H. The van der Waals surface area contributed by atoms with Gasteiger partial charge >= 0.3 is 6.09 Å². The normalized spacial score (nSPS) is 14.6. The van der Waals surface area contributed by atoms with Crippen molar-refractivity contribution in [2.75, 3.05) is 27.2 Å². The Morgan fingerprint density at radius 1 is 1.00 bits per heavy atom. The van der Waals surface area contributed by atoms with Crippen LogP contribution >= 0.6 is 12.4 Å². The van der Waals surface area contributed by atoms with Crippen LogP contribution < -0.4 is 4.74 Å². The molecule has 0 spiro atoms. The van der Waals surface area contributed by atoms with Gasteiger partial charge in [-0.3, -0.25) is 0 Å². The zero-order chi connectivity index (χ0) is 19.2. The van der Waals surface area contributed by atoms with Crippen molar-refractivity contribution in [3.8, 4) is 5.75 Å². The Morgan fingerprint density at radius 3 is 2.14 bits per heavy atom. The first-order valence-electron chi connectivity index (χ1n) is 9.75. The highest BCUT2D eigenvalue weighted by molar-refractivity contribution is 5.85. The number of hydrogen-bond acceptors (Lipinski definition) is 3. The quantitative estimate of drug-likeness (QED) is 0.710. The fourth-order valence-corrected chi connectivity index (χ4v) is 3.57. The summed E-state index contributed by atoms with van der Waals surface area (Å²) in [7, 11) is 4.18. The first kappa shape index (κ1) is 22.3. The van der Waals surface area contributed by atoms with E-state index in [1.807, 2.05) is 36.1 Å². The summed E-state index contributed by atoms with van der Waals surface area (Å²) in [5, 5.41) is 0. The topological polar surface area (TPSA) is 32.8 Å². The van der Waals surface area contributed by atoms with Gasteiger partial charge in [-0.05, 0) is 69.5 Å². The molecule has 0 aliphatic carbocycles. The fraction of sp³-hybridized carbons (Fsp3) is 0.435. The van der Waals surface area contributed by atoms with Gasteiger partial charge < -0.3 is 14.5 Å². The third-order valence-corrected chi connectivity index (χ3v) is 5.15. The maximum absolute atomic E-state index is 12.3. The van der Waals surface area contributed by atoms with E-state index in [1.54, 1.807) is 0 Å². The van der Waals surface area contributed by atoms with E-state index >= 15 is 0 Å². The highest BCUT2D eigenvalue weighted by Gasteiger charge is 2.24. The number of piperidine rings is 1. The summed E-state index contributed by atoms with van der Waals surface area (Å²) in [4.78, 5) is 16.4. The van der Waals surface area contributed by atoms with Crippen molar-refractivity contribution < 1.29 is 9.53 Å². The zero-order valence-electron chi connectivity index (χ0n) is 17.1. The molecular weight excluding hydrogens is 372 g/mol. The number of carbonyl (C=O) groups excluding carboxylic acids is 1. The molecule has 5 heteroatoms. The molecule has 0 aromatic heterocycles. The van der Waals surface area contributed by atoms with Crippen LogP contribution in [-0.2, 0) is 13.0 Å². The Kier molecular flexibility index (Phi) is 8.34. The Morgan fingerprint density at radius 2 is 1.57 bits per heavy atom. The summed E-state index contributed by atoms with van der Waals surface area (Å²) in [6.07, 6.45) is 2.92. The van der Waals surface area contributed by atoms with E-state index in [-0.39, 0.29) is 18.5 Å². The van der Waals surface area contributed by atoms with Crippen molar-refractivity contribution in [1.29, 1.82) is 0 Å². The highest BCUT2D eigenvalue weighted by atomic mass is 35.5. The van der Waals surface area contributed by atoms with Gasteiger partial charge in [-0.1, -0.05) is 42.0 Å². The van der Waals surface area contributed by atoms with Crippen LogP contribution in [0.5, 0.6) is 5.75 Å². The molecule has 0 atom stereocenters. The molecule has 0 unspecified atom stereocenters. The van der Waals surface area contributed by atoms with E-state index < -0.39 is 0 Å². The average molecular weight is 403 g/mol. The van der Waals surface area contributed by atoms with Crippen LogP contribution in [0.2, 0.25) is 0 Å². The maximum atomic E-state index is 12.3. The second-order valence-electron chi connectivity index (χ2n) is 7.87. The molecule has 1 aliphatic rings. The number of amides is 1. The van der Waals surface area contributed by atoms with Crippen LogP contribution in [0.4, 0.5) is 4.79 Å². The van der Waals surface area contributed by atoms with Crippen LogP contribution in [-0.4, -0.2) is 43.1 Å². The van der Waals surface area contributed by atoms with E-state index in [0.29, 0.717) is 11.7 Å². The number of carbonyl (C=O) groups is 1. The largest absolute Gasteiger partial charge is 0.415 e. The molecule has 1 aliphatic heterocycles. The lowest BCUT2D eigenvalue weighted by Gasteiger charge is -2.31. The lowest BCUT2D eigenvalue weighted by molar-refractivity contribution is 0.131. The molecular formula is C23H31ClN2O2. The lowest BCUT2D eigenvalue weighted by Crippen LogP contribution is -2.40. The van der Waals surface area contributed by atoms with Crippen LogP contribution in [0.25, 0.3) is 0 Å². The van der Waals surface area contributed by atoms with Crippen LogP contribution in [0, 0.1) is 12.8 Å². The van der Waals surface area contributed by atoms with Gasteiger partial charge in [-0.2, -0.15) is 0 Å². The molecule has 152 valence electrons. The summed E-state index contributed by atoms with van der Waals surface area (Å²) < 4.78 is 5.49. The molecule has 2 aromatic rings. The number of nitrogens with zero attached hydrogens (tertiary/aromatic N) is 2. The summed E-state index contributed by atoms with van der Waals surface area (Å²) in [5.74, 6) is 1.25. The van der Waals surface area contributed by atoms with Crippen LogP contribution in [0.1, 0.15) is 29.5 Å². The highest BCUT2D eigenvalue weighted by Crippen LogP contribution is 2.23. The second-order valence-corrected chi connectivity index (χ2v) is 7.87. The van der Waals surface area contributed by atoms with E-state index in [0.717, 1.165) is 44.5 Å². The molecule has 28 heavy (non-hydrogen) atoms. The van der Waals surface area contributed by atoms with Crippen LogP contribution in [0.3, 0.4) is 0 Å².